The van der Waals surface area contributed by atoms with Crippen LogP contribution in [0.2, 0.25) is 0 Å². The predicted molar refractivity (Wildman–Crippen MR) is 66.5 cm³/mol. The zero-order valence-corrected chi connectivity index (χ0v) is 11.0. The minimum absolute atomic E-state index is 0.173. The number of hydrogen-bond acceptors (Lipinski definition) is 2. The zero-order chi connectivity index (χ0) is 12.0. The van der Waals surface area contributed by atoms with Crippen LogP contribution in [-0.4, -0.2) is 18.5 Å². The Morgan fingerprint density at radius 3 is 2.19 bits per heavy atom. The maximum absolute atomic E-state index is 12.4. The summed E-state index contributed by atoms with van der Waals surface area (Å²) in [6, 6.07) is 0. The van der Waals surface area contributed by atoms with E-state index in [0.29, 0.717) is 18.3 Å². The third-order valence-corrected chi connectivity index (χ3v) is 3.49. The van der Waals surface area contributed by atoms with Gasteiger partial charge in [-0.2, -0.15) is 0 Å². The molecule has 1 fully saturated rings. The van der Waals surface area contributed by atoms with E-state index < -0.39 is 0 Å². The molecular formula is C14H26O2. The normalized spacial score (nSPS) is 20.8. The highest BCUT2D eigenvalue weighted by Crippen LogP contribution is 2.26. The Labute approximate surface area is 99.8 Å². The van der Waals surface area contributed by atoms with Crippen molar-refractivity contribution in [3.63, 3.8) is 0 Å². The predicted octanol–water partition coefficient (Wildman–Crippen LogP) is 3.59. The molecule has 0 saturated heterocycles. The van der Waals surface area contributed by atoms with Gasteiger partial charge in [-0.25, -0.2) is 0 Å². The number of carbonyl (C=O) groups excluding carboxylic acids is 1. The number of ether oxygens (including phenoxy) is 1. The van der Waals surface area contributed by atoms with Crippen LogP contribution in [0.4, 0.5) is 0 Å². The molecule has 0 heterocycles. The average Bonchev–Trinajstić information content (AvgIpc) is 2.53. The average molecular weight is 226 g/mol. The Morgan fingerprint density at radius 2 is 1.75 bits per heavy atom. The lowest BCUT2D eigenvalue weighted by Crippen LogP contribution is -2.34. The van der Waals surface area contributed by atoms with E-state index in [1.54, 1.807) is 0 Å². The summed E-state index contributed by atoms with van der Waals surface area (Å²) in [6.45, 7) is 6.76. The number of ketones is 1. The van der Waals surface area contributed by atoms with Gasteiger partial charge in [-0.1, -0.05) is 39.5 Å². The SMILES string of the molecule is CCOC(C(=O)C1CCCCCC1)C(C)C. The van der Waals surface area contributed by atoms with Gasteiger partial charge in [0.25, 0.3) is 0 Å². The first-order valence-electron chi connectivity index (χ1n) is 6.82. The molecule has 0 bridgehead atoms. The molecule has 0 aromatic rings. The summed E-state index contributed by atoms with van der Waals surface area (Å²) in [5.74, 6) is 0.927. The monoisotopic (exact) mass is 226 g/mol. The van der Waals surface area contributed by atoms with Gasteiger partial charge in [-0.3, -0.25) is 4.79 Å². The van der Waals surface area contributed by atoms with Crippen LogP contribution in [-0.2, 0) is 9.53 Å². The van der Waals surface area contributed by atoms with Crippen molar-refractivity contribution in [2.45, 2.75) is 65.4 Å². The highest BCUT2D eigenvalue weighted by molar-refractivity contribution is 5.85. The molecule has 1 aliphatic rings. The van der Waals surface area contributed by atoms with Crippen LogP contribution in [0.3, 0.4) is 0 Å². The molecule has 0 radical (unpaired) electrons. The second kappa shape index (κ2) is 7.05. The summed E-state index contributed by atoms with van der Waals surface area (Å²) in [4.78, 5) is 12.4. The van der Waals surface area contributed by atoms with Gasteiger partial charge in [-0.15, -0.1) is 0 Å². The number of Topliss-reactive ketones (excluding diaryl/α,β-unsaturated/α-hetero) is 1. The second-order valence-corrected chi connectivity index (χ2v) is 5.21. The smallest absolute Gasteiger partial charge is 0.164 e. The molecule has 0 aromatic heterocycles. The van der Waals surface area contributed by atoms with Gasteiger partial charge in [-0.05, 0) is 25.7 Å². The molecule has 0 amide bonds. The molecule has 0 N–H and O–H groups in total. The fourth-order valence-electron chi connectivity index (χ4n) is 2.58. The summed E-state index contributed by atoms with van der Waals surface area (Å²) in [5, 5.41) is 0. The van der Waals surface area contributed by atoms with Crippen LogP contribution in [0.1, 0.15) is 59.3 Å². The Hall–Kier alpha value is -0.370. The van der Waals surface area contributed by atoms with Gasteiger partial charge in [0, 0.05) is 12.5 Å². The van der Waals surface area contributed by atoms with Gasteiger partial charge in [0.05, 0.1) is 0 Å². The molecule has 1 atom stereocenters. The van der Waals surface area contributed by atoms with Gasteiger partial charge in [0.2, 0.25) is 0 Å². The Bertz CT molecular complexity index is 203. The summed E-state index contributed by atoms with van der Waals surface area (Å²) in [5.41, 5.74) is 0. The minimum Gasteiger partial charge on any atom is -0.370 e. The molecular weight excluding hydrogens is 200 g/mol. The van der Waals surface area contributed by atoms with E-state index in [-0.39, 0.29) is 12.0 Å². The van der Waals surface area contributed by atoms with Crippen molar-refractivity contribution in [2.75, 3.05) is 6.61 Å². The Kier molecular flexibility index (Phi) is 6.04. The van der Waals surface area contributed by atoms with Crippen LogP contribution in [0, 0.1) is 11.8 Å². The third kappa shape index (κ3) is 3.89. The highest BCUT2D eigenvalue weighted by Gasteiger charge is 2.29. The zero-order valence-electron chi connectivity index (χ0n) is 11.0. The molecule has 1 saturated carbocycles. The fraction of sp³-hybridized carbons (Fsp3) is 0.929. The fourth-order valence-corrected chi connectivity index (χ4v) is 2.58. The van der Waals surface area contributed by atoms with Crippen molar-refractivity contribution in [2.24, 2.45) is 11.8 Å². The second-order valence-electron chi connectivity index (χ2n) is 5.21. The quantitative estimate of drug-likeness (QED) is 0.670. The first-order chi connectivity index (χ1) is 7.66. The van der Waals surface area contributed by atoms with Crippen LogP contribution >= 0.6 is 0 Å². The van der Waals surface area contributed by atoms with Gasteiger partial charge < -0.3 is 4.74 Å². The molecule has 1 unspecified atom stereocenters. The molecule has 1 rings (SSSR count). The topological polar surface area (TPSA) is 26.3 Å². The number of hydrogen-bond donors (Lipinski definition) is 0. The molecule has 2 nitrogen and oxygen atoms in total. The first-order valence-corrected chi connectivity index (χ1v) is 6.82. The van der Waals surface area contributed by atoms with Gasteiger partial charge >= 0.3 is 0 Å². The van der Waals surface area contributed by atoms with Crippen molar-refractivity contribution in [1.29, 1.82) is 0 Å². The first kappa shape index (κ1) is 13.7. The van der Waals surface area contributed by atoms with Crippen LogP contribution < -0.4 is 0 Å². The summed E-state index contributed by atoms with van der Waals surface area (Å²) in [7, 11) is 0. The highest BCUT2D eigenvalue weighted by atomic mass is 16.5. The lowest BCUT2D eigenvalue weighted by Gasteiger charge is -2.24. The molecule has 2 heteroatoms. The van der Waals surface area contributed by atoms with E-state index in [1.165, 1.54) is 25.7 Å². The van der Waals surface area contributed by atoms with Crippen molar-refractivity contribution in [1.82, 2.24) is 0 Å². The van der Waals surface area contributed by atoms with E-state index in [2.05, 4.69) is 13.8 Å². The molecule has 16 heavy (non-hydrogen) atoms. The van der Waals surface area contributed by atoms with Crippen molar-refractivity contribution in [3.8, 4) is 0 Å². The Morgan fingerprint density at radius 1 is 1.19 bits per heavy atom. The number of carbonyl (C=O) groups is 1. The summed E-state index contributed by atoms with van der Waals surface area (Å²) in [6.07, 6.45) is 7.01. The van der Waals surface area contributed by atoms with Gasteiger partial charge in [0.1, 0.15) is 6.10 Å². The van der Waals surface area contributed by atoms with E-state index in [9.17, 15) is 4.79 Å². The summed E-state index contributed by atoms with van der Waals surface area (Å²) >= 11 is 0. The van der Waals surface area contributed by atoms with Crippen LogP contribution in [0.5, 0.6) is 0 Å². The number of rotatable bonds is 5. The van der Waals surface area contributed by atoms with Crippen molar-refractivity contribution in [3.05, 3.63) is 0 Å². The van der Waals surface area contributed by atoms with E-state index in [0.717, 1.165) is 12.8 Å². The largest absolute Gasteiger partial charge is 0.370 e. The maximum Gasteiger partial charge on any atom is 0.164 e. The Balaban J connectivity index is 2.57. The van der Waals surface area contributed by atoms with Gasteiger partial charge in [0.15, 0.2) is 5.78 Å². The van der Waals surface area contributed by atoms with E-state index in [4.69, 9.17) is 4.74 Å². The van der Waals surface area contributed by atoms with Crippen molar-refractivity contribution >= 4 is 5.78 Å². The molecule has 1 aliphatic carbocycles. The van der Waals surface area contributed by atoms with Crippen LogP contribution in [0.25, 0.3) is 0 Å². The maximum atomic E-state index is 12.4. The minimum atomic E-state index is -0.173. The molecule has 0 spiro atoms. The van der Waals surface area contributed by atoms with Crippen LogP contribution in [0.15, 0.2) is 0 Å². The summed E-state index contributed by atoms with van der Waals surface area (Å²) < 4.78 is 5.61. The van der Waals surface area contributed by atoms with E-state index in [1.807, 2.05) is 6.92 Å². The van der Waals surface area contributed by atoms with E-state index >= 15 is 0 Å². The molecule has 0 aliphatic heterocycles. The lowest BCUT2D eigenvalue weighted by molar-refractivity contribution is -0.137. The van der Waals surface area contributed by atoms with Crippen molar-refractivity contribution < 1.29 is 9.53 Å². The molecule has 0 aromatic carbocycles. The third-order valence-electron chi connectivity index (χ3n) is 3.49. The lowest BCUT2D eigenvalue weighted by atomic mass is 9.88. The molecule has 94 valence electrons. The standard InChI is InChI=1S/C14H26O2/c1-4-16-14(11(2)3)13(15)12-9-7-5-6-8-10-12/h11-12,14H,4-10H2,1-3H3.